The Morgan fingerprint density at radius 2 is 2.00 bits per heavy atom. The van der Waals surface area contributed by atoms with Crippen molar-refractivity contribution in [1.82, 2.24) is 14.3 Å². The largest absolute Gasteiger partial charge is 0.495 e. The Morgan fingerprint density at radius 1 is 1.39 bits per heavy atom. The minimum Gasteiger partial charge on any atom is -0.495 e. The van der Waals surface area contributed by atoms with Crippen molar-refractivity contribution in [1.29, 1.82) is 0 Å². The minimum absolute atomic E-state index is 0.00437. The summed E-state index contributed by atoms with van der Waals surface area (Å²) in [6.07, 6.45) is -3.26. The molecule has 0 aliphatic heterocycles. The lowest BCUT2D eigenvalue weighted by molar-refractivity contribution is -0.146. The van der Waals surface area contributed by atoms with Crippen molar-refractivity contribution in [2.45, 2.75) is 11.1 Å². The van der Waals surface area contributed by atoms with Crippen molar-refractivity contribution < 1.29 is 22.3 Å². The molecule has 11 heteroatoms. The minimum atomic E-state index is -4.82. The molecule has 2 rings (SSSR count). The molecule has 0 radical (unpaired) electrons. The molecule has 126 valence electrons. The molecule has 0 atom stereocenters. The zero-order valence-corrected chi connectivity index (χ0v) is 14.4. The van der Waals surface area contributed by atoms with Crippen molar-refractivity contribution in [3.8, 4) is 11.4 Å². The SMILES string of the molecule is COc1cc(F)c(-n2c(C(F)(F)F)nn(C)c2=S)c(SC)c1Cl. The molecule has 1 aromatic heterocycles. The molecule has 0 saturated carbocycles. The molecule has 0 amide bonds. The van der Waals surface area contributed by atoms with E-state index in [2.05, 4.69) is 5.10 Å². The molecule has 1 heterocycles. The fourth-order valence-corrected chi connectivity index (χ4v) is 3.30. The summed E-state index contributed by atoms with van der Waals surface area (Å²) < 4.78 is 60.1. The summed E-state index contributed by atoms with van der Waals surface area (Å²) in [7, 11) is 2.52. The Hall–Kier alpha value is -1.26. The van der Waals surface area contributed by atoms with Crippen LogP contribution in [0.25, 0.3) is 5.69 Å². The zero-order chi connectivity index (χ0) is 17.5. The van der Waals surface area contributed by atoms with E-state index < -0.39 is 23.5 Å². The van der Waals surface area contributed by atoms with Crippen LogP contribution in [0.2, 0.25) is 5.02 Å². The highest BCUT2D eigenvalue weighted by Crippen LogP contribution is 2.42. The third kappa shape index (κ3) is 3.07. The van der Waals surface area contributed by atoms with Gasteiger partial charge in [-0.15, -0.1) is 16.9 Å². The first kappa shape index (κ1) is 18.1. The predicted octanol–water partition coefficient (Wildman–Crippen LogP) is 4.48. The van der Waals surface area contributed by atoms with Crippen LogP contribution < -0.4 is 4.74 Å². The van der Waals surface area contributed by atoms with E-state index in [-0.39, 0.29) is 20.4 Å². The van der Waals surface area contributed by atoms with Crippen molar-refractivity contribution in [3.63, 3.8) is 0 Å². The maximum Gasteiger partial charge on any atom is 0.452 e. The monoisotopic (exact) mass is 387 g/mol. The summed E-state index contributed by atoms with van der Waals surface area (Å²) in [6.45, 7) is 0. The third-order valence-electron chi connectivity index (χ3n) is 2.94. The van der Waals surface area contributed by atoms with E-state index in [4.69, 9.17) is 28.6 Å². The van der Waals surface area contributed by atoms with Gasteiger partial charge in [0.25, 0.3) is 0 Å². The van der Waals surface area contributed by atoms with Gasteiger partial charge in [-0.1, -0.05) is 11.6 Å². The molecule has 0 aliphatic rings. The molecule has 23 heavy (non-hydrogen) atoms. The molecule has 0 saturated heterocycles. The number of hydrogen-bond donors (Lipinski definition) is 0. The second-order valence-electron chi connectivity index (χ2n) is 4.32. The lowest BCUT2D eigenvalue weighted by Crippen LogP contribution is -2.15. The van der Waals surface area contributed by atoms with Crippen LogP contribution in [0.1, 0.15) is 5.82 Å². The number of rotatable bonds is 3. The average Bonchev–Trinajstić information content (AvgIpc) is 2.76. The molecule has 0 spiro atoms. The number of alkyl halides is 3. The van der Waals surface area contributed by atoms with Gasteiger partial charge in [0.15, 0.2) is 5.82 Å². The van der Waals surface area contributed by atoms with Crippen LogP contribution in [0.5, 0.6) is 5.75 Å². The van der Waals surface area contributed by atoms with Crippen molar-refractivity contribution in [2.24, 2.45) is 7.05 Å². The summed E-state index contributed by atoms with van der Waals surface area (Å²) in [5, 5.41) is 3.34. The molecule has 0 bridgehead atoms. The van der Waals surface area contributed by atoms with Crippen molar-refractivity contribution >= 4 is 35.6 Å². The molecular weight excluding hydrogens is 378 g/mol. The Morgan fingerprint density at radius 3 is 2.48 bits per heavy atom. The number of aromatic nitrogens is 3. The van der Waals surface area contributed by atoms with Gasteiger partial charge in [0.05, 0.1) is 17.0 Å². The van der Waals surface area contributed by atoms with E-state index in [1.54, 1.807) is 6.26 Å². The first-order chi connectivity index (χ1) is 10.6. The molecule has 1 aromatic carbocycles. The lowest BCUT2D eigenvalue weighted by atomic mass is 10.2. The summed E-state index contributed by atoms with van der Waals surface area (Å²) in [6, 6.07) is 0.909. The zero-order valence-electron chi connectivity index (χ0n) is 12.0. The quantitative estimate of drug-likeness (QED) is 0.441. The van der Waals surface area contributed by atoms with Gasteiger partial charge >= 0.3 is 6.18 Å². The highest BCUT2D eigenvalue weighted by Gasteiger charge is 2.39. The standard InChI is InChI=1S/C12H10ClF4N3OS2/c1-19-11(22)20(10(18-19)12(15,16)17)8-5(14)4-6(21-2)7(13)9(8)23-3/h4H,1-3H3. The highest BCUT2D eigenvalue weighted by atomic mass is 35.5. The smallest absolute Gasteiger partial charge is 0.452 e. The summed E-state index contributed by atoms with van der Waals surface area (Å²) in [5.74, 6) is -2.27. The molecule has 2 aromatic rings. The Bertz CT molecular complexity index is 816. The molecule has 0 aliphatic carbocycles. The number of aryl methyl sites for hydroxylation is 1. The van der Waals surface area contributed by atoms with E-state index in [1.807, 2.05) is 0 Å². The fourth-order valence-electron chi connectivity index (χ4n) is 1.96. The third-order valence-corrected chi connectivity index (χ3v) is 4.68. The van der Waals surface area contributed by atoms with E-state index in [0.29, 0.717) is 4.57 Å². The van der Waals surface area contributed by atoms with Crippen LogP contribution in [0, 0.1) is 10.6 Å². The van der Waals surface area contributed by atoms with Gasteiger partial charge in [0.1, 0.15) is 11.4 Å². The Kier molecular flexibility index (Phi) is 4.97. The average molecular weight is 388 g/mol. The first-order valence-corrected chi connectivity index (χ1v) is 7.98. The Labute approximate surface area is 143 Å². The molecular formula is C12H10ClF4N3OS2. The van der Waals surface area contributed by atoms with Crippen LogP contribution >= 0.6 is 35.6 Å². The van der Waals surface area contributed by atoms with E-state index in [0.717, 1.165) is 22.5 Å². The van der Waals surface area contributed by atoms with Gasteiger partial charge in [-0.25, -0.2) is 9.07 Å². The van der Waals surface area contributed by atoms with Crippen molar-refractivity contribution in [2.75, 3.05) is 13.4 Å². The number of benzene rings is 1. The summed E-state index contributed by atoms with van der Waals surface area (Å²) in [5.41, 5.74) is -0.409. The van der Waals surface area contributed by atoms with Gasteiger partial charge in [0, 0.05) is 13.1 Å². The lowest BCUT2D eigenvalue weighted by Gasteiger charge is -2.16. The second kappa shape index (κ2) is 6.33. The van der Waals surface area contributed by atoms with E-state index in [1.165, 1.54) is 14.2 Å². The number of hydrogen-bond acceptors (Lipinski definition) is 4. The van der Waals surface area contributed by atoms with Crippen molar-refractivity contribution in [3.05, 3.63) is 27.5 Å². The van der Waals surface area contributed by atoms with Crippen LogP contribution in [-0.4, -0.2) is 27.7 Å². The summed E-state index contributed by atoms with van der Waals surface area (Å²) >= 11 is 12.0. The summed E-state index contributed by atoms with van der Waals surface area (Å²) in [4.78, 5) is 0.0677. The van der Waals surface area contributed by atoms with Gasteiger partial charge < -0.3 is 4.74 Å². The number of ether oxygens (including phenoxy) is 1. The normalized spacial score (nSPS) is 11.8. The predicted molar refractivity (Wildman–Crippen MR) is 81.7 cm³/mol. The van der Waals surface area contributed by atoms with Gasteiger partial charge in [-0.2, -0.15) is 13.2 Å². The number of halogens is 5. The molecule has 0 fully saturated rings. The number of nitrogens with zero attached hydrogens (tertiary/aromatic N) is 3. The maximum atomic E-state index is 14.5. The van der Waals surface area contributed by atoms with Crippen LogP contribution in [-0.2, 0) is 13.2 Å². The second-order valence-corrected chi connectivity index (χ2v) is 5.88. The van der Waals surface area contributed by atoms with Crippen LogP contribution in [0.3, 0.4) is 0 Å². The molecule has 0 unspecified atom stereocenters. The fraction of sp³-hybridized carbons (Fsp3) is 0.333. The maximum absolute atomic E-state index is 14.5. The van der Waals surface area contributed by atoms with Crippen LogP contribution in [0.15, 0.2) is 11.0 Å². The molecule has 0 N–H and O–H groups in total. The number of methoxy groups -OCH3 is 1. The van der Waals surface area contributed by atoms with Gasteiger partial charge in [-0.05, 0) is 18.5 Å². The number of thioether (sulfide) groups is 1. The highest BCUT2D eigenvalue weighted by molar-refractivity contribution is 7.98. The Balaban J connectivity index is 2.94. The van der Waals surface area contributed by atoms with E-state index >= 15 is 0 Å². The van der Waals surface area contributed by atoms with Crippen LogP contribution in [0.4, 0.5) is 17.6 Å². The topological polar surface area (TPSA) is 32.0 Å². The first-order valence-electron chi connectivity index (χ1n) is 5.97. The van der Waals surface area contributed by atoms with E-state index in [9.17, 15) is 17.6 Å². The van der Waals surface area contributed by atoms with Gasteiger partial charge in [0.2, 0.25) is 10.6 Å². The van der Waals surface area contributed by atoms with Gasteiger partial charge in [-0.3, -0.25) is 4.57 Å². The molecule has 4 nitrogen and oxygen atoms in total.